The lowest BCUT2D eigenvalue weighted by Crippen LogP contribution is -2.15. The van der Waals surface area contributed by atoms with Gasteiger partial charge >= 0.3 is 5.97 Å². The molecule has 1 heterocycles. The van der Waals surface area contributed by atoms with E-state index in [0.29, 0.717) is 10.6 Å². The van der Waals surface area contributed by atoms with E-state index in [1.54, 1.807) is 12.1 Å². The van der Waals surface area contributed by atoms with E-state index in [1.165, 1.54) is 11.8 Å². The van der Waals surface area contributed by atoms with Crippen LogP contribution in [0.15, 0.2) is 53.4 Å². The Morgan fingerprint density at radius 1 is 1.11 bits per heavy atom. The van der Waals surface area contributed by atoms with Crippen molar-refractivity contribution < 1.29 is 9.53 Å². The summed E-state index contributed by atoms with van der Waals surface area (Å²) in [7, 11) is 0. The maximum absolute atomic E-state index is 11.9. The molecule has 1 atom stereocenters. The van der Waals surface area contributed by atoms with Gasteiger partial charge in [0.15, 0.2) is 5.44 Å². The number of thioether (sulfide) groups is 1. The third-order valence-electron chi connectivity index (χ3n) is 2.68. The molecule has 18 heavy (non-hydrogen) atoms. The smallest absolute Gasteiger partial charge is 0.340 e. The highest BCUT2D eigenvalue weighted by Gasteiger charge is 2.27. The molecule has 4 heteroatoms. The van der Waals surface area contributed by atoms with Gasteiger partial charge in [0.25, 0.3) is 0 Å². The van der Waals surface area contributed by atoms with Gasteiger partial charge < -0.3 is 4.74 Å². The molecule has 0 saturated heterocycles. The summed E-state index contributed by atoms with van der Waals surface area (Å²) in [5, 5.41) is 0.642. The second-order valence-electron chi connectivity index (χ2n) is 3.91. The predicted molar refractivity (Wildman–Crippen MR) is 71.9 cm³/mol. The van der Waals surface area contributed by atoms with Crippen molar-refractivity contribution in [2.24, 2.45) is 0 Å². The second-order valence-corrected chi connectivity index (χ2v) is 5.45. The summed E-state index contributed by atoms with van der Waals surface area (Å²) in [4.78, 5) is 12.8. The molecule has 0 radical (unpaired) electrons. The number of ether oxygens (including phenoxy) is 1. The fraction of sp³-hybridized carbons (Fsp3) is 0.0714. The highest BCUT2D eigenvalue weighted by molar-refractivity contribution is 7.99. The monoisotopic (exact) mass is 276 g/mol. The van der Waals surface area contributed by atoms with Crippen LogP contribution in [0.4, 0.5) is 0 Å². The van der Waals surface area contributed by atoms with Crippen LogP contribution in [0.25, 0.3) is 0 Å². The van der Waals surface area contributed by atoms with Gasteiger partial charge in [0, 0.05) is 15.5 Å². The molecule has 0 spiro atoms. The lowest BCUT2D eigenvalue weighted by molar-refractivity contribution is 0.0440. The molecule has 0 aromatic heterocycles. The maximum atomic E-state index is 11.9. The largest absolute Gasteiger partial charge is 0.442 e. The fourth-order valence-electron chi connectivity index (χ4n) is 1.83. The topological polar surface area (TPSA) is 26.3 Å². The SMILES string of the molecule is O=C1O[C@@H](c2cccc(Cl)c2)Sc2ccccc21. The van der Waals surface area contributed by atoms with Crippen LogP contribution in [0.1, 0.15) is 21.4 Å². The molecule has 2 aromatic rings. The van der Waals surface area contributed by atoms with Crippen molar-refractivity contribution in [1.82, 2.24) is 0 Å². The molecule has 0 N–H and O–H groups in total. The number of esters is 1. The van der Waals surface area contributed by atoms with Crippen LogP contribution < -0.4 is 0 Å². The Morgan fingerprint density at radius 2 is 1.94 bits per heavy atom. The summed E-state index contributed by atoms with van der Waals surface area (Å²) in [6, 6.07) is 14.8. The zero-order valence-electron chi connectivity index (χ0n) is 9.30. The molecule has 90 valence electrons. The van der Waals surface area contributed by atoms with Crippen LogP contribution >= 0.6 is 23.4 Å². The first-order chi connectivity index (χ1) is 8.74. The van der Waals surface area contributed by atoms with E-state index in [0.717, 1.165) is 10.5 Å². The minimum Gasteiger partial charge on any atom is -0.442 e. The first-order valence-corrected chi connectivity index (χ1v) is 6.72. The molecule has 1 aliphatic heterocycles. The number of fused-ring (bicyclic) bond motifs is 1. The van der Waals surface area contributed by atoms with Gasteiger partial charge in [-0.1, -0.05) is 47.6 Å². The average Bonchev–Trinajstić information content (AvgIpc) is 2.39. The van der Waals surface area contributed by atoms with Crippen molar-refractivity contribution in [2.75, 3.05) is 0 Å². The normalized spacial score (nSPS) is 18.1. The summed E-state index contributed by atoms with van der Waals surface area (Å²) < 4.78 is 5.42. The fourth-order valence-corrected chi connectivity index (χ4v) is 3.11. The summed E-state index contributed by atoms with van der Waals surface area (Å²) in [5.41, 5.74) is 1.20. The standard InChI is InChI=1S/C14H9ClO2S/c15-10-5-3-4-9(8-10)14-17-13(16)11-6-1-2-7-12(11)18-14/h1-8,14H/t14-/m1/s1. The number of rotatable bonds is 1. The van der Waals surface area contributed by atoms with E-state index in [9.17, 15) is 4.79 Å². The van der Waals surface area contributed by atoms with Crippen molar-refractivity contribution in [3.63, 3.8) is 0 Å². The predicted octanol–water partition coefficient (Wildman–Crippen LogP) is 4.30. The van der Waals surface area contributed by atoms with Gasteiger partial charge in [0.2, 0.25) is 0 Å². The first-order valence-electron chi connectivity index (χ1n) is 5.46. The Morgan fingerprint density at radius 3 is 2.78 bits per heavy atom. The van der Waals surface area contributed by atoms with Crippen LogP contribution in [-0.4, -0.2) is 5.97 Å². The van der Waals surface area contributed by atoms with Crippen LogP contribution in [0.2, 0.25) is 5.02 Å². The summed E-state index contributed by atoms with van der Waals surface area (Å²) in [6.45, 7) is 0. The lowest BCUT2D eigenvalue weighted by Gasteiger charge is -2.24. The average molecular weight is 277 g/mol. The molecular weight excluding hydrogens is 268 g/mol. The second kappa shape index (κ2) is 4.67. The number of cyclic esters (lactones) is 1. The molecular formula is C14H9ClO2S. The number of halogens is 1. The molecule has 0 bridgehead atoms. The lowest BCUT2D eigenvalue weighted by atomic mass is 10.2. The number of carbonyl (C=O) groups excluding carboxylic acids is 1. The Labute approximate surface area is 114 Å². The Kier molecular flexibility index (Phi) is 3.02. The Bertz CT molecular complexity index is 612. The molecule has 1 aliphatic rings. The van der Waals surface area contributed by atoms with Gasteiger partial charge in [-0.2, -0.15) is 0 Å². The molecule has 2 aromatic carbocycles. The van der Waals surface area contributed by atoms with Crippen molar-refractivity contribution in [2.45, 2.75) is 10.3 Å². The zero-order valence-corrected chi connectivity index (χ0v) is 10.9. The highest BCUT2D eigenvalue weighted by Crippen LogP contribution is 2.42. The van der Waals surface area contributed by atoms with Gasteiger partial charge in [0.1, 0.15) is 0 Å². The molecule has 0 saturated carbocycles. The maximum Gasteiger partial charge on any atom is 0.340 e. The Hall–Kier alpha value is -1.45. The van der Waals surface area contributed by atoms with E-state index in [4.69, 9.17) is 16.3 Å². The molecule has 0 fully saturated rings. The van der Waals surface area contributed by atoms with E-state index in [1.807, 2.05) is 36.4 Å². The van der Waals surface area contributed by atoms with Crippen LogP contribution in [-0.2, 0) is 4.74 Å². The quantitative estimate of drug-likeness (QED) is 0.727. The summed E-state index contributed by atoms with van der Waals surface area (Å²) >= 11 is 7.47. The number of benzene rings is 2. The molecule has 0 aliphatic carbocycles. The molecule has 0 amide bonds. The van der Waals surface area contributed by atoms with Crippen molar-refractivity contribution in [3.05, 3.63) is 64.7 Å². The molecule has 2 nitrogen and oxygen atoms in total. The highest BCUT2D eigenvalue weighted by atomic mass is 35.5. The van der Waals surface area contributed by atoms with E-state index in [2.05, 4.69) is 0 Å². The number of hydrogen-bond acceptors (Lipinski definition) is 3. The summed E-state index contributed by atoms with van der Waals surface area (Å²) in [6.07, 6.45) is 0. The third-order valence-corrected chi connectivity index (χ3v) is 4.10. The zero-order chi connectivity index (χ0) is 12.5. The van der Waals surface area contributed by atoms with E-state index >= 15 is 0 Å². The minimum atomic E-state index is -0.328. The first kappa shape index (κ1) is 11.6. The van der Waals surface area contributed by atoms with Gasteiger partial charge in [-0.05, 0) is 24.3 Å². The van der Waals surface area contributed by atoms with Crippen molar-refractivity contribution in [3.8, 4) is 0 Å². The van der Waals surface area contributed by atoms with Gasteiger partial charge in [0.05, 0.1) is 5.56 Å². The number of hydrogen-bond donors (Lipinski definition) is 0. The van der Waals surface area contributed by atoms with Crippen LogP contribution in [0.5, 0.6) is 0 Å². The number of carbonyl (C=O) groups is 1. The van der Waals surface area contributed by atoms with E-state index in [-0.39, 0.29) is 11.4 Å². The van der Waals surface area contributed by atoms with Gasteiger partial charge in [-0.15, -0.1) is 0 Å². The van der Waals surface area contributed by atoms with Crippen LogP contribution in [0.3, 0.4) is 0 Å². The third kappa shape index (κ3) is 2.11. The molecule has 0 unspecified atom stereocenters. The molecule has 3 rings (SSSR count). The van der Waals surface area contributed by atoms with Crippen molar-refractivity contribution in [1.29, 1.82) is 0 Å². The van der Waals surface area contributed by atoms with Crippen molar-refractivity contribution >= 4 is 29.3 Å². The summed E-state index contributed by atoms with van der Waals surface area (Å²) in [5.74, 6) is -0.283. The van der Waals surface area contributed by atoms with Crippen LogP contribution in [0, 0.1) is 0 Å². The van der Waals surface area contributed by atoms with Gasteiger partial charge in [-0.3, -0.25) is 0 Å². The minimum absolute atomic E-state index is 0.283. The van der Waals surface area contributed by atoms with Gasteiger partial charge in [-0.25, -0.2) is 4.79 Å². The van der Waals surface area contributed by atoms with E-state index < -0.39 is 0 Å². The Balaban J connectivity index is 1.97.